The molecule has 0 aliphatic heterocycles. The first kappa shape index (κ1) is 14.0. The van der Waals surface area contributed by atoms with Crippen molar-refractivity contribution < 1.29 is 19.2 Å². The van der Waals surface area contributed by atoms with E-state index in [-0.39, 0.29) is 17.2 Å². The molecule has 104 valence electrons. The first-order chi connectivity index (χ1) is 9.49. The van der Waals surface area contributed by atoms with Crippen molar-refractivity contribution in [2.45, 2.75) is 13.0 Å². The van der Waals surface area contributed by atoms with Gasteiger partial charge in [0.25, 0.3) is 0 Å². The van der Waals surface area contributed by atoms with E-state index in [0.717, 1.165) is 0 Å². The van der Waals surface area contributed by atoms with Gasteiger partial charge in [-0.05, 0) is 30.7 Å². The molecule has 1 atom stereocenters. The second-order valence-electron chi connectivity index (χ2n) is 4.19. The SMILES string of the molecule is C[C@@H](O)c1ccc(Oc2ccccc2F)c([N+](=O)[O-])c1. The van der Waals surface area contributed by atoms with Gasteiger partial charge in [0, 0.05) is 6.07 Å². The molecule has 5 nitrogen and oxygen atoms in total. The molecule has 6 heteroatoms. The molecule has 2 rings (SSSR count). The summed E-state index contributed by atoms with van der Waals surface area (Å²) in [6.07, 6.45) is -0.837. The number of halogens is 1. The lowest BCUT2D eigenvalue weighted by atomic mass is 10.1. The average Bonchev–Trinajstić information content (AvgIpc) is 2.41. The number of para-hydroxylation sites is 1. The zero-order valence-electron chi connectivity index (χ0n) is 10.6. The van der Waals surface area contributed by atoms with Crippen LogP contribution in [0.3, 0.4) is 0 Å². The fourth-order valence-corrected chi connectivity index (χ4v) is 1.67. The Morgan fingerprint density at radius 1 is 1.25 bits per heavy atom. The largest absolute Gasteiger partial charge is 0.447 e. The lowest BCUT2D eigenvalue weighted by Crippen LogP contribution is -1.98. The van der Waals surface area contributed by atoms with Gasteiger partial charge in [-0.2, -0.15) is 0 Å². The van der Waals surface area contributed by atoms with Crippen molar-refractivity contribution in [1.82, 2.24) is 0 Å². The Morgan fingerprint density at radius 3 is 2.55 bits per heavy atom. The van der Waals surface area contributed by atoms with Crippen molar-refractivity contribution >= 4 is 5.69 Å². The van der Waals surface area contributed by atoms with Crippen LogP contribution in [0.25, 0.3) is 0 Å². The maximum Gasteiger partial charge on any atom is 0.311 e. The summed E-state index contributed by atoms with van der Waals surface area (Å²) >= 11 is 0. The number of hydrogen-bond acceptors (Lipinski definition) is 4. The number of nitrogens with zero attached hydrogens (tertiary/aromatic N) is 1. The highest BCUT2D eigenvalue weighted by atomic mass is 19.1. The molecule has 0 aromatic heterocycles. The highest BCUT2D eigenvalue weighted by Gasteiger charge is 2.19. The first-order valence-electron chi connectivity index (χ1n) is 5.88. The molecule has 2 aromatic rings. The Labute approximate surface area is 114 Å². The van der Waals surface area contributed by atoms with E-state index < -0.39 is 16.8 Å². The molecule has 0 aliphatic carbocycles. The molecule has 0 amide bonds. The Kier molecular flexibility index (Phi) is 3.95. The molecule has 1 N–H and O–H groups in total. The summed E-state index contributed by atoms with van der Waals surface area (Å²) in [5.74, 6) is -0.786. The summed E-state index contributed by atoms with van der Waals surface area (Å²) < 4.78 is 18.7. The topological polar surface area (TPSA) is 72.6 Å². The quantitative estimate of drug-likeness (QED) is 0.684. The van der Waals surface area contributed by atoms with Crippen LogP contribution in [0.15, 0.2) is 42.5 Å². The lowest BCUT2D eigenvalue weighted by Gasteiger charge is -2.09. The average molecular weight is 277 g/mol. The third-order valence-corrected chi connectivity index (χ3v) is 2.72. The smallest absolute Gasteiger partial charge is 0.311 e. The van der Waals surface area contributed by atoms with E-state index in [0.29, 0.717) is 5.56 Å². The van der Waals surface area contributed by atoms with Gasteiger partial charge in [0.2, 0.25) is 5.75 Å². The van der Waals surface area contributed by atoms with Crippen LogP contribution >= 0.6 is 0 Å². The number of nitro groups is 1. The molecule has 0 heterocycles. The summed E-state index contributed by atoms with van der Waals surface area (Å²) in [6, 6.07) is 9.68. The normalized spacial score (nSPS) is 11.9. The maximum atomic E-state index is 13.5. The molecule has 0 spiro atoms. The number of hydrogen-bond donors (Lipinski definition) is 1. The Hall–Kier alpha value is -2.47. The molecule has 20 heavy (non-hydrogen) atoms. The summed E-state index contributed by atoms with van der Waals surface area (Å²) in [5, 5.41) is 20.5. The van der Waals surface area contributed by atoms with Crippen LogP contribution in [-0.2, 0) is 0 Å². The van der Waals surface area contributed by atoms with Crippen molar-refractivity contribution in [2.24, 2.45) is 0 Å². The van der Waals surface area contributed by atoms with E-state index >= 15 is 0 Å². The second-order valence-corrected chi connectivity index (χ2v) is 4.19. The van der Waals surface area contributed by atoms with Crippen molar-refractivity contribution in [3.05, 3.63) is 64.0 Å². The summed E-state index contributed by atoms with van der Waals surface area (Å²) in [5.41, 5.74) is 0.0595. The monoisotopic (exact) mass is 277 g/mol. The molecule has 0 saturated heterocycles. The summed E-state index contributed by atoms with van der Waals surface area (Å²) in [7, 11) is 0. The molecule has 0 aliphatic rings. The van der Waals surface area contributed by atoms with E-state index in [2.05, 4.69) is 0 Å². The van der Waals surface area contributed by atoms with Gasteiger partial charge in [-0.25, -0.2) is 4.39 Å². The van der Waals surface area contributed by atoms with Gasteiger partial charge < -0.3 is 9.84 Å². The van der Waals surface area contributed by atoms with Crippen molar-refractivity contribution in [3.8, 4) is 11.5 Å². The van der Waals surface area contributed by atoms with Crippen LogP contribution in [0.5, 0.6) is 11.5 Å². The fourth-order valence-electron chi connectivity index (χ4n) is 1.67. The lowest BCUT2D eigenvalue weighted by molar-refractivity contribution is -0.385. The van der Waals surface area contributed by atoms with Crippen LogP contribution in [0.2, 0.25) is 0 Å². The number of rotatable bonds is 4. The molecule has 0 saturated carbocycles. The van der Waals surface area contributed by atoms with Crippen LogP contribution in [0, 0.1) is 15.9 Å². The molecule has 0 bridgehead atoms. The van der Waals surface area contributed by atoms with Crippen LogP contribution in [0.1, 0.15) is 18.6 Å². The van der Waals surface area contributed by atoms with E-state index in [1.54, 1.807) is 6.07 Å². The van der Waals surface area contributed by atoms with Gasteiger partial charge in [0.05, 0.1) is 11.0 Å². The molecule has 0 unspecified atom stereocenters. The minimum atomic E-state index is -0.837. The molecule has 0 radical (unpaired) electrons. The fraction of sp³-hybridized carbons (Fsp3) is 0.143. The van der Waals surface area contributed by atoms with Gasteiger partial charge in [-0.1, -0.05) is 18.2 Å². The Morgan fingerprint density at radius 2 is 1.95 bits per heavy atom. The highest BCUT2D eigenvalue weighted by Crippen LogP contribution is 2.34. The summed E-state index contributed by atoms with van der Waals surface area (Å²) in [6.45, 7) is 1.50. The van der Waals surface area contributed by atoms with Gasteiger partial charge in [-0.3, -0.25) is 10.1 Å². The van der Waals surface area contributed by atoms with Crippen molar-refractivity contribution in [1.29, 1.82) is 0 Å². The first-order valence-corrected chi connectivity index (χ1v) is 5.88. The number of aliphatic hydroxyl groups excluding tert-OH is 1. The van der Waals surface area contributed by atoms with Gasteiger partial charge in [0.1, 0.15) is 0 Å². The molecular weight excluding hydrogens is 265 g/mol. The third-order valence-electron chi connectivity index (χ3n) is 2.72. The molecular formula is C14H12FNO4. The van der Waals surface area contributed by atoms with Crippen molar-refractivity contribution in [2.75, 3.05) is 0 Å². The van der Waals surface area contributed by atoms with Crippen molar-refractivity contribution in [3.63, 3.8) is 0 Å². The number of aliphatic hydroxyl groups is 1. The number of nitro benzene ring substituents is 1. The van der Waals surface area contributed by atoms with E-state index in [1.807, 2.05) is 0 Å². The highest BCUT2D eigenvalue weighted by molar-refractivity contribution is 5.51. The van der Waals surface area contributed by atoms with E-state index in [4.69, 9.17) is 4.74 Å². The second kappa shape index (κ2) is 5.66. The Bertz CT molecular complexity index is 643. The standard InChI is InChI=1S/C14H12FNO4/c1-9(17)10-6-7-14(12(8-10)16(18)19)20-13-5-3-2-4-11(13)15/h2-9,17H,1H3/t9-/m1/s1. The van der Waals surface area contributed by atoms with Gasteiger partial charge >= 0.3 is 5.69 Å². The zero-order chi connectivity index (χ0) is 14.7. The van der Waals surface area contributed by atoms with Gasteiger partial charge in [0.15, 0.2) is 11.6 Å². The van der Waals surface area contributed by atoms with Crippen LogP contribution in [-0.4, -0.2) is 10.0 Å². The molecule has 0 fully saturated rings. The van der Waals surface area contributed by atoms with Gasteiger partial charge in [-0.15, -0.1) is 0 Å². The predicted molar refractivity (Wildman–Crippen MR) is 70.2 cm³/mol. The molecule has 2 aromatic carbocycles. The predicted octanol–water partition coefficient (Wildman–Crippen LogP) is 3.58. The van der Waals surface area contributed by atoms with E-state index in [9.17, 15) is 19.6 Å². The summed E-state index contributed by atoms with van der Waals surface area (Å²) in [4.78, 5) is 10.4. The van der Waals surface area contributed by atoms with E-state index in [1.165, 1.54) is 43.3 Å². The minimum absolute atomic E-state index is 0.0792. The van der Waals surface area contributed by atoms with Crippen LogP contribution in [0.4, 0.5) is 10.1 Å². The maximum absolute atomic E-state index is 13.5. The third kappa shape index (κ3) is 2.92. The minimum Gasteiger partial charge on any atom is -0.447 e. The number of benzene rings is 2. The Balaban J connectivity index is 2.41. The number of ether oxygens (including phenoxy) is 1. The van der Waals surface area contributed by atoms with Crippen LogP contribution < -0.4 is 4.74 Å². The zero-order valence-corrected chi connectivity index (χ0v) is 10.6.